The molecule has 0 aromatic heterocycles. The molecule has 3 atom stereocenters. The highest BCUT2D eigenvalue weighted by Crippen LogP contribution is 2.16. The van der Waals surface area contributed by atoms with Crippen LogP contribution in [0.25, 0.3) is 0 Å². The Morgan fingerprint density at radius 2 is 1.71 bits per heavy atom. The third-order valence-corrected chi connectivity index (χ3v) is 6.49. The van der Waals surface area contributed by atoms with Gasteiger partial charge in [-0.25, -0.2) is 5.06 Å². The molecular formula is C28H44N2O4. The van der Waals surface area contributed by atoms with Crippen LogP contribution in [0.4, 0.5) is 0 Å². The van der Waals surface area contributed by atoms with Crippen LogP contribution in [0.15, 0.2) is 42.5 Å². The van der Waals surface area contributed by atoms with Gasteiger partial charge in [-0.3, -0.25) is 14.4 Å². The fraction of sp³-hybridized carbons (Fsp3) is 0.643. The van der Waals surface area contributed by atoms with Crippen LogP contribution in [0.3, 0.4) is 0 Å². The van der Waals surface area contributed by atoms with E-state index in [9.17, 15) is 14.7 Å². The summed E-state index contributed by atoms with van der Waals surface area (Å²) in [4.78, 5) is 31.4. The van der Waals surface area contributed by atoms with Crippen LogP contribution in [0, 0.1) is 5.92 Å². The van der Waals surface area contributed by atoms with Gasteiger partial charge in [-0.05, 0) is 18.4 Å². The molecule has 0 saturated carbocycles. The third kappa shape index (κ3) is 10.4. The molecule has 1 heterocycles. The van der Waals surface area contributed by atoms with Gasteiger partial charge in [0.15, 0.2) is 0 Å². The van der Waals surface area contributed by atoms with Gasteiger partial charge in [0.25, 0.3) is 5.91 Å². The Bertz CT molecular complexity index is 737. The Morgan fingerprint density at radius 3 is 2.38 bits per heavy atom. The largest absolute Gasteiger partial charge is 0.392 e. The quantitative estimate of drug-likeness (QED) is 0.252. The zero-order valence-corrected chi connectivity index (χ0v) is 21.1. The van der Waals surface area contributed by atoms with E-state index in [1.807, 2.05) is 42.5 Å². The van der Waals surface area contributed by atoms with Crippen molar-refractivity contribution in [3.05, 3.63) is 48.0 Å². The van der Waals surface area contributed by atoms with E-state index in [4.69, 9.17) is 4.84 Å². The second-order valence-electron chi connectivity index (χ2n) is 9.40. The first-order valence-corrected chi connectivity index (χ1v) is 13.1. The minimum absolute atomic E-state index is 0.269. The lowest BCUT2D eigenvalue weighted by Gasteiger charge is -2.26. The van der Waals surface area contributed by atoms with Crippen molar-refractivity contribution in [1.29, 1.82) is 0 Å². The lowest BCUT2D eigenvalue weighted by atomic mass is 9.97. The molecule has 1 aliphatic rings. The van der Waals surface area contributed by atoms with Gasteiger partial charge >= 0.3 is 0 Å². The van der Waals surface area contributed by atoms with E-state index >= 15 is 0 Å². The Balaban J connectivity index is 1.70. The van der Waals surface area contributed by atoms with Crippen LogP contribution in [0.1, 0.15) is 90.0 Å². The maximum atomic E-state index is 12.9. The molecular weight excluding hydrogens is 428 g/mol. The summed E-state index contributed by atoms with van der Waals surface area (Å²) in [5.41, 5.74) is 0.970. The number of aliphatic hydroxyl groups excluding tert-OH is 1. The fourth-order valence-corrected chi connectivity index (χ4v) is 4.12. The van der Waals surface area contributed by atoms with Gasteiger partial charge in [0.2, 0.25) is 5.91 Å². The zero-order valence-electron chi connectivity index (χ0n) is 21.1. The standard InChI is InChI=1S/C28H44N2O4/c1-3-4-5-6-7-8-9-10-14-20-26(31)23(2)27(32)29-25-19-15-16-21-30(28(25)33)34-22-24-17-12-11-13-18-24/h11-13,15-18,23,25-26,31H,3-10,14,19-22H2,1-2H3,(H,29,32)/t23-,25+,26-/m0/s1. The number of hydrogen-bond donors (Lipinski definition) is 2. The summed E-state index contributed by atoms with van der Waals surface area (Å²) in [7, 11) is 0. The number of hydroxylamine groups is 2. The Morgan fingerprint density at radius 1 is 1.06 bits per heavy atom. The van der Waals surface area contributed by atoms with E-state index in [-0.39, 0.29) is 18.4 Å². The number of nitrogens with one attached hydrogen (secondary N) is 1. The predicted octanol–water partition coefficient (Wildman–Crippen LogP) is 5.31. The number of carbonyl (C=O) groups excluding carboxylic acids is 2. The first-order chi connectivity index (χ1) is 16.5. The Kier molecular flexibility index (Phi) is 13.6. The first kappa shape index (κ1) is 28.1. The second kappa shape index (κ2) is 16.4. The van der Waals surface area contributed by atoms with Crippen molar-refractivity contribution in [3.63, 3.8) is 0 Å². The number of hydrogen-bond acceptors (Lipinski definition) is 4. The topological polar surface area (TPSA) is 78.9 Å². The molecule has 0 bridgehead atoms. The van der Waals surface area contributed by atoms with Crippen molar-refractivity contribution in [3.8, 4) is 0 Å². The van der Waals surface area contributed by atoms with Crippen molar-refractivity contribution >= 4 is 11.8 Å². The van der Waals surface area contributed by atoms with Crippen molar-refractivity contribution < 1.29 is 19.5 Å². The molecule has 1 aliphatic heterocycles. The molecule has 2 rings (SSSR count). The highest BCUT2D eigenvalue weighted by Gasteiger charge is 2.30. The number of nitrogens with zero attached hydrogens (tertiary/aromatic N) is 1. The van der Waals surface area contributed by atoms with Crippen LogP contribution >= 0.6 is 0 Å². The van der Waals surface area contributed by atoms with E-state index < -0.39 is 18.1 Å². The molecule has 6 nitrogen and oxygen atoms in total. The van der Waals surface area contributed by atoms with Crippen molar-refractivity contribution in [2.45, 2.75) is 103 Å². The SMILES string of the molecule is CCCCCCCCCCC[C@H](O)[C@H](C)C(=O)N[C@@H]1CC=CCN(OCc2ccccc2)C1=O. The van der Waals surface area contributed by atoms with Gasteiger partial charge in [0.1, 0.15) is 12.6 Å². The molecule has 190 valence electrons. The first-order valence-electron chi connectivity index (χ1n) is 13.1. The number of benzene rings is 1. The van der Waals surface area contributed by atoms with E-state index in [1.54, 1.807) is 6.92 Å². The Hall–Kier alpha value is -2.18. The molecule has 0 unspecified atom stereocenters. The minimum atomic E-state index is -0.702. The summed E-state index contributed by atoms with van der Waals surface area (Å²) in [6.07, 6.45) is 15.0. The summed E-state index contributed by atoms with van der Waals surface area (Å²) in [6, 6.07) is 8.97. The van der Waals surface area contributed by atoms with E-state index in [0.717, 1.165) is 18.4 Å². The Labute approximate surface area is 205 Å². The molecule has 0 spiro atoms. The molecule has 0 saturated heterocycles. The van der Waals surface area contributed by atoms with Gasteiger partial charge in [-0.1, -0.05) is 114 Å². The lowest BCUT2D eigenvalue weighted by molar-refractivity contribution is -0.190. The zero-order chi connectivity index (χ0) is 24.6. The van der Waals surface area contributed by atoms with Gasteiger partial charge in [0, 0.05) is 0 Å². The lowest BCUT2D eigenvalue weighted by Crippen LogP contribution is -2.50. The van der Waals surface area contributed by atoms with Gasteiger partial charge < -0.3 is 10.4 Å². The summed E-state index contributed by atoms with van der Waals surface area (Å²) in [6.45, 7) is 4.59. The minimum Gasteiger partial charge on any atom is -0.392 e. The van der Waals surface area contributed by atoms with E-state index in [0.29, 0.717) is 19.4 Å². The van der Waals surface area contributed by atoms with Crippen molar-refractivity contribution in [1.82, 2.24) is 10.4 Å². The molecule has 0 fully saturated rings. The highest BCUT2D eigenvalue weighted by atomic mass is 16.7. The third-order valence-electron chi connectivity index (χ3n) is 6.49. The average molecular weight is 473 g/mol. The van der Waals surface area contributed by atoms with Crippen molar-refractivity contribution in [2.75, 3.05) is 6.54 Å². The van der Waals surface area contributed by atoms with Gasteiger partial charge in [-0.15, -0.1) is 0 Å². The van der Waals surface area contributed by atoms with Crippen LogP contribution in [-0.4, -0.2) is 40.7 Å². The number of carbonyl (C=O) groups is 2. The highest BCUT2D eigenvalue weighted by molar-refractivity contribution is 5.88. The molecule has 2 N–H and O–H groups in total. The summed E-state index contributed by atoms with van der Waals surface area (Å²) in [5.74, 6) is -1.12. The number of aliphatic hydroxyl groups is 1. The maximum Gasteiger partial charge on any atom is 0.269 e. The predicted molar refractivity (Wildman–Crippen MR) is 136 cm³/mol. The summed E-state index contributed by atoms with van der Waals surface area (Å²) >= 11 is 0. The normalized spacial score (nSPS) is 17.9. The number of unbranched alkanes of at least 4 members (excludes halogenated alkanes) is 8. The van der Waals surface area contributed by atoms with Crippen LogP contribution in [-0.2, 0) is 21.0 Å². The second-order valence-corrected chi connectivity index (χ2v) is 9.40. The molecule has 34 heavy (non-hydrogen) atoms. The van der Waals surface area contributed by atoms with E-state index in [2.05, 4.69) is 12.2 Å². The van der Waals surface area contributed by atoms with Crippen molar-refractivity contribution in [2.24, 2.45) is 5.92 Å². The molecule has 0 aliphatic carbocycles. The molecule has 1 aromatic rings. The summed E-state index contributed by atoms with van der Waals surface area (Å²) < 4.78 is 0. The maximum absolute atomic E-state index is 12.9. The number of amides is 2. The smallest absolute Gasteiger partial charge is 0.269 e. The average Bonchev–Trinajstić information content (AvgIpc) is 3.02. The molecule has 2 amide bonds. The molecule has 0 radical (unpaired) electrons. The fourth-order valence-electron chi connectivity index (χ4n) is 4.12. The van der Waals surface area contributed by atoms with Crippen LogP contribution < -0.4 is 5.32 Å². The van der Waals surface area contributed by atoms with Gasteiger partial charge in [-0.2, -0.15) is 0 Å². The molecule has 1 aromatic carbocycles. The van der Waals surface area contributed by atoms with Gasteiger partial charge in [0.05, 0.1) is 18.6 Å². The van der Waals surface area contributed by atoms with E-state index in [1.165, 1.54) is 50.0 Å². The monoisotopic (exact) mass is 472 g/mol. The van der Waals surface area contributed by atoms with Crippen LogP contribution in [0.5, 0.6) is 0 Å². The summed E-state index contributed by atoms with van der Waals surface area (Å²) in [5, 5.41) is 14.6. The molecule has 6 heteroatoms. The number of rotatable bonds is 16. The van der Waals surface area contributed by atoms with Crippen LogP contribution in [0.2, 0.25) is 0 Å².